The van der Waals surface area contributed by atoms with Gasteiger partial charge in [0.2, 0.25) is 0 Å². The van der Waals surface area contributed by atoms with E-state index in [0.717, 1.165) is 58.8 Å². The summed E-state index contributed by atoms with van der Waals surface area (Å²) in [5, 5.41) is 3.58. The number of aldehydes is 1. The molecule has 0 amide bonds. The first-order chi connectivity index (χ1) is 14.0. The second-order valence-corrected chi connectivity index (χ2v) is 8.38. The molecule has 5 heteroatoms. The van der Waals surface area contributed by atoms with Gasteiger partial charge in [-0.1, -0.05) is 19.9 Å². The third-order valence-electron chi connectivity index (χ3n) is 5.47. The van der Waals surface area contributed by atoms with E-state index in [0.29, 0.717) is 6.61 Å². The third kappa shape index (κ3) is 3.90. The van der Waals surface area contributed by atoms with E-state index in [-0.39, 0.29) is 11.3 Å². The summed E-state index contributed by atoms with van der Waals surface area (Å²) in [5.74, 6) is 0.679. The van der Waals surface area contributed by atoms with E-state index < -0.39 is 0 Å². The molecule has 1 atom stereocenters. The fraction of sp³-hybridized carbons (Fsp3) is 0.333. The summed E-state index contributed by atoms with van der Waals surface area (Å²) >= 11 is 0. The Kier molecular flexibility index (Phi) is 5.14. The van der Waals surface area contributed by atoms with Crippen molar-refractivity contribution in [3.05, 3.63) is 60.0 Å². The van der Waals surface area contributed by atoms with Crippen molar-refractivity contribution in [3.63, 3.8) is 0 Å². The van der Waals surface area contributed by atoms with Crippen molar-refractivity contribution in [1.82, 2.24) is 9.97 Å². The van der Waals surface area contributed by atoms with E-state index in [1.807, 2.05) is 43.3 Å². The Balaban J connectivity index is 1.84. The fourth-order valence-electron chi connectivity index (χ4n) is 4.32. The highest BCUT2D eigenvalue weighted by molar-refractivity contribution is 5.86. The number of carbonyl (C=O) groups excluding carboxylic acids is 1. The highest BCUT2D eigenvalue weighted by Gasteiger charge is 2.36. The molecule has 1 aromatic carbocycles. The molecule has 0 spiro atoms. The van der Waals surface area contributed by atoms with Crippen LogP contribution in [0.15, 0.2) is 48.8 Å². The number of H-pyrrole nitrogens is 1. The maximum Gasteiger partial charge on any atom is 0.127 e. The molecule has 0 saturated carbocycles. The number of ether oxygens (including phenoxy) is 1. The molecule has 150 valence electrons. The van der Waals surface area contributed by atoms with Gasteiger partial charge in [-0.15, -0.1) is 0 Å². The molecule has 0 radical (unpaired) electrons. The zero-order valence-electron chi connectivity index (χ0n) is 17.2. The fourth-order valence-corrected chi connectivity index (χ4v) is 4.32. The lowest BCUT2D eigenvalue weighted by Crippen LogP contribution is -2.26. The number of rotatable bonds is 6. The minimum absolute atomic E-state index is 0.0745. The van der Waals surface area contributed by atoms with E-state index in [4.69, 9.17) is 4.74 Å². The molecule has 1 aliphatic rings. The number of carbonyl (C=O) groups is 1. The van der Waals surface area contributed by atoms with Crippen LogP contribution >= 0.6 is 0 Å². The van der Waals surface area contributed by atoms with Crippen molar-refractivity contribution in [1.29, 1.82) is 0 Å². The average Bonchev–Trinajstić information content (AvgIpc) is 3.05. The standard InChI is InChI=1S/C24H27N3O2/c1-4-29-19-7-5-6-18(12-19)26-23-21-17(15-28)13-24(2,3)14-20(21)27-22(23)16-8-10-25-11-9-16/h5-12,15,17,26-27H,4,13-14H2,1-3H3. The number of anilines is 2. The molecule has 0 bridgehead atoms. The predicted molar refractivity (Wildman–Crippen MR) is 116 cm³/mol. The Morgan fingerprint density at radius 3 is 2.79 bits per heavy atom. The van der Waals surface area contributed by atoms with Crippen molar-refractivity contribution in [2.24, 2.45) is 5.41 Å². The van der Waals surface area contributed by atoms with Gasteiger partial charge in [-0.2, -0.15) is 0 Å². The third-order valence-corrected chi connectivity index (χ3v) is 5.47. The van der Waals surface area contributed by atoms with Crippen LogP contribution in [0.25, 0.3) is 11.3 Å². The number of pyridine rings is 1. The summed E-state index contributed by atoms with van der Waals surface area (Å²) in [4.78, 5) is 19.8. The number of nitrogens with zero attached hydrogens (tertiary/aromatic N) is 1. The Labute approximate surface area is 171 Å². The topological polar surface area (TPSA) is 67.0 Å². The van der Waals surface area contributed by atoms with E-state index in [9.17, 15) is 4.79 Å². The number of aromatic nitrogens is 2. The molecule has 2 N–H and O–H groups in total. The highest BCUT2D eigenvalue weighted by atomic mass is 16.5. The maximum atomic E-state index is 12.0. The summed E-state index contributed by atoms with van der Waals surface area (Å²) in [7, 11) is 0. The molecule has 0 saturated heterocycles. The molecule has 5 nitrogen and oxygen atoms in total. The summed E-state index contributed by atoms with van der Waals surface area (Å²) in [6.45, 7) is 7.03. The van der Waals surface area contributed by atoms with Crippen molar-refractivity contribution in [3.8, 4) is 17.0 Å². The Bertz CT molecular complexity index is 1010. The first-order valence-corrected chi connectivity index (χ1v) is 10.1. The van der Waals surface area contributed by atoms with Gasteiger partial charge in [-0.25, -0.2) is 0 Å². The number of hydrogen-bond donors (Lipinski definition) is 2. The molecular formula is C24H27N3O2. The van der Waals surface area contributed by atoms with Crippen LogP contribution < -0.4 is 10.1 Å². The summed E-state index contributed by atoms with van der Waals surface area (Å²) in [6, 6.07) is 11.9. The lowest BCUT2D eigenvalue weighted by molar-refractivity contribution is -0.109. The SMILES string of the molecule is CCOc1cccc(Nc2c(-c3ccncc3)[nH]c3c2C(C=O)CC(C)(C)C3)c1. The van der Waals surface area contributed by atoms with Gasteiger partial charge >= 0.3 is 0 Å². The number of benzene rings is 1. The van der Waals surface area contributed by atoms with E-state index in [2.05, 4.69) is 29.1 Å². The van der Waals surface area contributed by atoms with Crippen LogP contribution in [0.3, 0.4) is 0 Å². The van der Waals surface area contributed by atoms with Crippen LogP contribution in [0.4, 0.5) is 11.4 Å². The van der Waals surface area contributed by atoms with E-state index in [1.165, 1.54) is 0 Å². The van der Waals surface area contributed by atoms with Gasteiger partial charge in [0.1, 0.15) is 12.0 Å². The quantitative estimate of drug-likeness (QED) is 0.548. The molecule has 2 heterocycles. The highest BCUT2D eigenvalue weighted by Crippen LogP contribution is 2.48. The molecule has 0 aliphatic heterocycles. The van der Waals surface area contributed by atoms with Crippen molar-refractivity contribution < 1.29 is 9.53 Å². The Hall–Kier alpha value is -3.08. The minimum Gasteiger partial charge on any atom is -0.494 e. The smallest absolute Gasteiger partial charge is 0.127 e. The Morgan fingerprint density at radius 2 is 2.07 bits per heavy atom. The van der Waals surface area contributed by atoms with Gasteiger partial charge in [0.05, 0.1) is 18.0 Å². The van der Waals surface area contributed by atoms with Crippen LogP contribution in [0.1, 0.15) is 44.4 Å². The van der Waals surface area contributed by atoms with Crippen LogP contribution in [0, 0.1) is 5.41 Å². The first kappa shape index (κ1) is 19.2. The number of hydrogen-bond acceptors (Lipinski definition) is 4. The van der Waals surface area contributed by atoms with Gasteiger partial charge in [0.15, 0.2) is 0 Å². The summed E-state index contributed by atoms with van der Waals surface area (Å²) in [5.41, 5.74) is 6.21. The molecule has 2 aromatic heterocycles. The number of fused-ring (bicyclic) bond motifs is 1. The number of aromatic amines is 1. The van der Waals surface area contributed by atoms with Gasteiger partial charge < -0.3 is 19.8 Å². The van der Waals surface area contributed by atoms with Gasteiger partial charge in [0, 0.05) is 46.9 Å². The zero-order valence-corrected chi connectivity index (χ0v) is 17.2. The van der Waals surface area contributed by atoms with Crippen LogP contribution in [0.2, 0.25) is 0 Å². The molecule has 0 fully saturated rings. The second kappa shape index (κ2) is 7.74. The molecule has 3 aromatic rings. The van der Waals surface area contributed by atoms with Crippen LogP contribution in [-0.2, 0) is 11.2 Å². The maximum absolute atomic E-state index is 12.0. The minimum atomic E-state index is -0.141. The second-order valence-electron chi connectivity index (χ2n) is 8.38. The first-order valence-electron chi connectivity index (χ1n) is 10.1. The lowest BCUT2D eigenvalue weighted by atomic mass is 9.71. The van der Waals surface area contributed by atoms with Crippen LogP contribution in [0.5, 0.6) is 5.75 Å². The Morgan fingerprint density at radius 1 is 1.28 bits per heavy atom. The van der Waals surface area contributed by atoms with Crippen LogP contribution in [-0.4, -0.2) is 22.9 Å². The van der Waals surface area contributed by atoms with Crippen molar-refractivity contribution >= 4 is 17.7 Å². The molecule has 4 rings (SSSR count). The molecular weight excluding hydrogens is 362 g/mol. The van der Waals surface area contributed by atoms with E-state index >= 15 is 0 Å². The molecule has 29 heavy (non-hydrogen) atoms. The van der Waals surface area contributed by atoms with Crippen molar-refractivity contribution in [2.45, 2.75) is 39.5 Å². The van der Waals surface area contributed by atoms with Gasteiger partial charge in [0.25, 0.3) is 0 Å². The van der Waals surface area contributed by atoms with Gasteiger partial charge in [-0.05, 0) is 49.4 Å². The van der Waals surface area contributed by atoms with Gasteiger partial charge in [-0.3, -0.25) is 4.98 Å². The zero-order chi connectivity index (χ0) is 20.4. The lowest BCUT2D eigenvalue weighted by Gasteiger charge is -2.33. The monoisotopic (exact) mass is 389 g/mol. The average molecular weight is 389 g/mol. The summed E-state index contributed by atoms with van der Waals surface area (Å²) in [6.07, 6.45) is 6.41. The summed E-state index contributed by atoms with van der Waals surface area (Å²) < 4.78 is 5.65. The largest absolute Gasteiger partial charge is 0.494 e. The number of nitrogens with one attached hydrogen (secondary N) is 2. The molecule has 1 unspecified atom stereocenters. The predicted octanol–water partition coefficient (Wildman–Crippen LogP) is 5.47. The van der Waals surface area contributed by atoms with Crippen molar-refractivity contribution in [2.75, 3.05) is 11.9 Å². The molecule has 1 aliphatic carbocycles. The van der Waals surface area contributed by atoms with E-state index in [1.54, 1.807) is 12.4 Å². The normalized spacial score (nSPS) is 17.4.